The Balaban J connectivity index is 1.28. The van der Waals surface area contributed by atoms with E-state index in [2.05, 4.69) is 15.6 Å². The lowest BCUT2D eigenvalue weighted by Gasteiger charge is -2.31. The van der Waals surface area contributed by atoms with Crippen LogP contribution in [0.15, 0.2) is 42.6 Å². The molecule has 28 heavy (non-hydrogen) atoms. The predicted molar refractivity (Wildman–Crippen MR) is 106 cm³/mol. The lowest BCUT2D eigenvalue weighted by atomic mass is 9.90. The highest BCUT2D eigenvalue weighted by Crippen LogP contribution is 2.21. The van der Waals surface area contributed by atoms with Crippen molar-refractivity contribution >= 4 is 5.91 Å². The summed E-state index contributed by atoms with van der Waals surface area (Å²) in [5, 5.41) is 6.80. The smallest absolute Gasteiger partial charge is 0.253 e. The lowest BCUT2D eigenvalue weighted by molar-refractivity contribution is 0.0923. The average molecular weight is 383 g/mol. The second-order valence-electron chi connectivity index (χ2n) is 7.69. The Bertz CT molecular complexity index is 798. The Hall–Kier alpha value is -2.31. The Morgan fingerprint density at radius 3 is 2.54 bits per heavy atom. The molecule has 0 spiro atoms. The van der Waals surface area contributed by atoms with Gasteiger partial charge >= 0.3 is 0 Å². The van der Waals surface area contributed by atoms with Crippen LogP contribution in [0.2, 0.25) is 0 Å². The van der Waals surface area contributed by atoms with Crippen LogP contribution in [-0.2, 0) is 4.74 Å². The van der Waals surface area contributed by atoms with Crippen LogP contribution in [0.1, 0.15) is 42.5 Å². The van der Waals surface area contributed by atoms with Crippen LogP contribution in [0.4, 0.5) is 4.39 Å². The molecule has 1 amide bonds. The molecule has 4 rings (SSSR count). The van der Waals surface area contributed by atoms with Gasteiger partial charge in [0, 0.05) is 36.5 Å². The van der Waals surface area contributed by atoms with Gasteiger partial charge in [0.15, 0.2) is 0 Å². The normalized spacial score (nSPS) is 24.8. The number of carbonyl (C=O) groups is 1. The number of nitrogens with one attached hydrogen (secondary N) is 2. The third-order valence-electron chi connectivity index (χ3n) is 5.61. The van der Waals surface area contributed by atoms with Crippen LogP contribution in [0.25, 0.3) is 11.3 Å². The van der Waals surface area contributed by atoms with Gasteiger partial charge in [-0.25, -0.2) is 4.39 Å². The molecular formula is C22H26FN3O2. The fourth-order valence-electron chi connectivity index (χ4n) is 4.02. The molecule has 2 aliphatic rings. The molecule has 6 heteroatoms. The van der Waals surface area contributed by atoms with Crippen LogP contribution in [-0.4, -0.2) is 42.2 Å². The molecule has 1 aromatic heterocycles. The zero-order valence-electron chi connectivity index (χ0n) is 15.9. The number of pyridine rings is 1. The number of rotatable bonds is 5. The number of hydrogen-bond acceptors (Lipinski definition) is 4. The van der Waals surface area contributed by atoms with E-state index in [1.54, 1.807) is 30.5 Å². The molecule has 0 radical (unpaired) electrons. The number of halogens is 1. The van der Waals surface area contributed by atoms with Gasteiger partial charge in [0.2, 0.25) is 0 Å². The van der Waals surface area contributed by atoms with E-state index in [1.807, 2.05) is 0 Å². The molecule has 148 valence electrons. The highest BCUT2D eigenvalue weighted by atomic mass is 19.1. The summed E-state index contributed by atoms with van der Waals surface area (Å²) in [6, 6.07) is 11.0. The molecule has 1 aromatic carbocycles. The van der Waals surface area contributed by atoms with Crippen molar-refractivity contribution in [2.24, 2.45) is 0 Å². The van der Waals surface area contributed by atoms with Gasteiger partial charge in [-0.3, -0.25) is 9.78 Å². The molecule has 1 aliphatic carbocycles. The topological polar surface area (TPSA) is 63.2 Å². The van der Waals surface area contributed by atoms with Crippen molar-refractivity contribution in [3.63, 3.8) is 0 Å². The van der Waals surface area contributed by atoms with E-state index in [9.17, 15) is 9.18 Å². The number of carbonyl (C=O) groups excluding carboxylic acids is 1. The Morgan fingerprint density at radius 2 is 1.86 bits per heavy atom. The highest BCUT2D eigenvalue weighted by molar-refractivity contribution is 5.94. The van der Waals surface area contributed by atoms with Gasteiger partial charge in [-0.2, -0.15) is 0 Å². The van der Waals surface area contributed by atoms with Crippen LogP contribution in [0.5, 0.6) is 0 Å². The Labute approximate surface area is 164 Å². The minimum atomic E-state index is -0.299. The van der Waals surface area contributed by atoms with Crippen LogP contribution < -0.4 is 10.6 Å². The SMILES string of the molecule is O=C(NC1CCC(NC2CCOC2)CC1)c1ccc(-c2cccc(F)c2)nc1. The number of ether oxygens (including phenoxy) is 1. The third kappa shape index (κ3) is 4.75. The maximum atomic E-state index is 13.4. The van der Waals surface area contributed by atoms with Gasteiger partial charge in [-0.05, 0) is 56.4 Å². The average Bonchev–Trinajstić information content (AvgIpc) is 3.23. The molecule has 1 saturated heterocycles. The largest absolute Gasteiger partial charge is 0.380 e. The third-order valence-corrected chi connectivity index (χ3v) is 5.61. The molecule has 0 bridgehead atoms. The van der Waals surface area contributed by atoms with E-state index >= 15 is 0 Å². The van der Waals surface area contributed by atoms with Crippen LogP contribution in [0, 0.1) is 5.82 Å². The minimum absolute atomic E-state index is 0.0982. The number of amides is 1. The molecule has 1 unspecified atom stereocenters. The first-order valence-corrected chi connectivity index (χ1v) is 10.0. The van der Waals surface area contributed by atoms with Crippen molar-refractivity contribution in [2.75, 3.05) is 13.2 Å². The summed E-state index contributed by atoms with van der Waals surface area (Å²) in [5.74, 6) is -0.398. The van der Waals surface area contributed by atoms with Crippen LogP contribution >= 0.6 is 0 Å². The van der Waals surface area contributed by atoms with Crippen LogP contribution in [0.3, 0.4) is 0 Å². The summed E-state index contributed by atoms with van der Waals surface area (Å²) in [7, 11) is 0. The van der Waals surface area contributed by atoms with Gasteiger partial charge in [-0.1, -0.05) is 12.1 Å². The van der Waals surface area contributed by atoms with Gasteiger partial charge in [0.05, 0.1) is 17.9 Å². The summed E-state index contributed by atoms with van der Waals surface area (Å²) >= 11 is 0. The minimum Gasteiger partial charge on any atom is -0.380 e. The van der Waals surface area contributed by atoms with Crippen molar-refractivity contribution in [3.05, 3.63) is 54.0 Å². The highest BCUT2D eigenvalue weighted by Gasteiger charge is 2.26. The summed E-state index contributed by atoms with van der Waals surface area (Å²) in [4.78, 5) is 16.9. The molecule has 2 N–H and O–H groups in total. The first kappa shape index (κ1) is 19.0. The van der Waals surface area contributed by atoms with E-state index in [1.165, 1.54) is 12.1 Å². The number of hydrogen-bond donors (Lipinski definition) is 2. The van der Waals surface area contributed by atoms with E-state index in [-0.39, 0.29) is 17.8 Å². The fourth-order valence-corrected chi connectivity index (χ4v) is 4.02. The zero-order chi connectivity index (χ0) is 19.3. The predicted octanol–water partition coefficient (Wildman–Crippen LogP) is 3.31. The van der Waals surface area contributed by atoms with Gasteiger partial charge < -0.3 is 15.4 Å². The maximum Gasteiger partial charge on any atom is 0.253 e. The van der Waals surface area contributed by atoms with Gasteiger partial charge in [0.1, 0.15) is 5.82 Å². The molecule has 1 aliphatic heterocycles. The maximum absolute atomic E-state index is 13.4. The second-order valence-corrected chi connectivity index (χ2v) is 7.69. The Kier molecular flexibility index (Phi) is 5.98. The Morgan fingerprint density at radius 1 is 1.04 bits per heavy atom. The summed E-state index contributed by atoms with van der Waals surface area (Å²) < 4.78 is 18.8. The van der Waals surface area contributed by atoms with Gasteiger partial charge in [-0.15, -0.1) is 0 Å². The first-order valence-electron chi connectivity index (χ1n) is 10.0. The molecule has 1 saturated carbocycles. The quantitative estimate of drug-likeness (QED) is 0.832. The molecule has 5 nitrogen and oxygen atoms in total. The molecular weight excluding hydrogens is 357 g/mol. The standard InChI is InChI=1S/C22H26FN3O2/c23-17-3-1-2-15(12-17)21-9-4-16(13-24-21)22(27)26-19-7-5-18(6-8-19)25-20-10-11-28-14-20/h1-4,9,12-13,18-20,25H,5-8,10-11,14H2,(H,26,27). The van der Waals surface area contributed by atoms with Crippen molar-refractivity contribution in [1.29, 1.82) is 0 Å². The lowest BCUT2D eigenvalue weighted by Crippen LogP contribution is -2.45. The molecule has 2 heterocycles. The van der Waals surface area contributed by atoms with Crippen molar-refractivity contribution in [3.8, 4) is 11.3 Å². The van der Waals surface area contributed by atoms with E-state index < -0.39 is 0 Å². The summed E-state index contributed by atoms with van der Waals surface area (Å²) in [6.07, 6.45) is 6.74. The van der Waals surface area contributed by atoms with Crippen molar-refractivity contribution in [1.82, 2.24) is 15.6 Å². The second kappa shape index (κ2) is 8.80. The molecule has 2 fully saturated rings. The van der Waals surface area contributed by atoms with E-state index in [4.69, 9.17) is 4.74 Å². The first-order chi connectivity index (χ1) is 13.7. The summed E-state index contributed by atoms with van der Waals surface area (Å²) in [5.41, 5.74) is 1.88. The molecule has 2 aromatic rings. The van der Waals surface area contributed by atoms with Gasteiger partial charge in [0.25, 0.3) is 5.91 Å². The van der Waals surface area contributed by atoms with E-state index in [0.717, 1.165) is 45.3 Å². The van der Waals surface area contributed by atoms with Crippen molar-refractivity contribution < 1.29 is 13.9 Å². The van der Waals surface area contributed by atoms with E-state index in [0.29, 0.717) is 28.9 Å². The number of aromatic nitrogens is 1. The monoisotopic (exact) mass is 383 g/mol. The van der Waals surface area contributed by atoms with Crippen molar-refractivity contribution in [2.45, 2.75) is 50.2 Å². The number of nitrogens with zero attached hydrogens (tertiary/aromatic N) is 1. The fraction of sp³-hybridized carbons (Fsp3) is 0.455. The molecule has 1 atom stereocenters. The zero-order valence-corrected chi connectivity index (χ0v) is 15.9. The summed E-state index contributed by atoms with van der Waals surface area (Å²) in [6.45, 7) is 1.67. The number of benzene rings is 1.